The Kier molecular flexibility index (Phi) is 5.24. The Morgan fingerprint density at radius 3 is 2.85 bits per heavy atom. The molecule has 0 saturated carbocycles. The largest absolute Gasteiger partial charge is 0.493 e. The summed E-state index contributed by atoms with van der Waals surface area (Å²) in [4.78, 5) is 14.1. The third kappa shape index (κ3) is 3.42. The predicted octanol–water partition coefficient (Wildman–Crippen LogP) is 1.28. The van der Waals surface area contributed by atoms with E-state index < -0.39 is 0 Å². The number of hydrogen-bond donors (Lipinski definition) is 1. The first-order valence-electron chi connectivity index (χ1n) is 6.96. The smallest absolute Gasteiger partial charge is 0.260 e. The van der Waals surface area contributed by atoms with Crippen molar-refractivity contribution in [2.45, 2.75) is 18.9 Å². The van der Waals surface area contributed by atoms with E-state index in [1.165, 1.54) is 0 Å². The molecule has 1 unspecified atom stereocenters. The minimum atomic E-state index is 0.0358. The van der Waals surface area contributed by atoms with Gasteiger partial charge in [0.15, 0.2) is 18.1 Å². The Morgan fingerprint density at radius 2 is 2.15 bits per heavy atom. The van der Waals surface area contributed by atoms with Gasteiger partial charge >= 0.3 is 0 Å². The molecule has 1 heterocycles. The Labute approximate surface area is 119 Å². The SMILES string of the molecule is CNCC1CCCN1C(=O)COc1ccccc1OC. The summed E-state index contributed by atoms with van der Waals surface area (Å²) in [6.45, 7) is 1.71. The Bertz CT molecular complexity index is 450. The first-order chi connectivity index (χ1) is 9.76. The third-order valence-electron chi connectivity index (χ3n) is 3.56. The Morgan fingerprint density at radius 1 is 1.40 bits per heavy atom. The lowest BCUT2D eigenvalue weighted by Crippen LogP contribution is -2.43. The van der Waals surface area contributed by atoms with Crippen LogP contribution in [0.5, 0.6) is 11.5 Å². The number of carbonyl (C=O) groups is 1. The van der Waals surface area contributed by atoms with Crippen LogP contribution in [0.25, 0.3) is 0 Å². The Hall–Kier alpha value is -1.75. The van der Waals surface area contributed by atoms with Gasteiger partial charge in [-0.25, -0.2) is 0 Å². The summed E-state index contributed by atoms with van der Waals surface area (Å²) in [5.41, 5.74) is 0. The van der Waals surface area contributed by atoms with Crippen molar-refractivity contribution in [3.63, 3.8) is 0 Å². The first kappa shape index (κ1) is 14.7. The monoisotopic (exact) mass is 278 g/mol. The Balaban J connectivity index is 1.91. The molecule has 110 valence electrons. The van der Waals surface area contributed by atoms with Gasteiger partial charge in [-0.15, -0.1) is 0 Å². The number of ether oxygens (including phenoxy) is 2. The molecule has 0 aliphatic carbocycles. The molecule has 1 aromatic rings. The second-order valence-electron chi connectivity index (χ2n) is 4.88. The topological polar surface area (TPSA) is 50.8 Å². The van der Waals surface area contributed by atoms with Crippen molar-refractivity contribution in [1.82, 2.24) is 10.2 Å². The van der Waals surface area contributed by atoms with Gasteiger partial charge in [-0.3, -0.25) is 4.79 Å². The summed E-state index contributed by atoms with van der Waals surface area (Å²) in [5.74, 6) is 1.29. The highest BCUT2D eigenvalue weighted by atomic mass is 16.5. The third-order valence-corrected chi connectivity index (χ3v) is 3.56. The fraction of sp³-hybridized carbons (Fsp3) is 0.533. The zero-order valence-electron chi connectivity index (χ0n) is 12.1. The van der Waals surface area contributed by atoms with Gasteiger partial charge in [0, 0.05) is 19.1 Å². The molecule has 5 heteroatoms. The molecule has 1 aliphatic rings. The number of nitrogens with zero attached hydrogens (tertiary/aromatic N) is 1. The summed E-state index contributed by atoms with van der Waals surface area (Å²) >= 11 is 0. The van der Waals surface area contributed by atoms with Crippen molar-refractivity contribution in [2.24, 2.45) is 0 Å². The maximum atomic E-state index is 12.2. The normalized spacial score (nSPS) is 18.1. The van der Waals surface area contributed by atoms with E-state index in [1.54, 1.807) is 13.2 Å². The lowest BCUT2D eigenvalue weighted by atomic mass is 10.2. The fourth-order valence-corrected chi connectivity index (χ4v) is 2.57. The summed E-state index contributed by atoms with van der Waals surface area (Å²) < 4.78 is 10.8. The van der Waals surface area contributed by atoms with E-state index in [0.717, 1.165) is 25.9 Å². The van der Waals surface area contributed by atoms with Crippen molar-refractivity contribution in [3.8, 4) is 11.5 Å². The van der Waals surface area contributed by atoms with E-state index in [0.29, 0.717) is 11.5 Å². The zero-order chi connectivity index (χ0) is 14.4. The van der Waals surface area contributed by atoms with Crippen LogP contribution in [0.1, 0.15) is 12.8 Å². The zero-order valence-corrected chi connectivity index (χ0v) is 12.1. The maximum absolute atomic E-state index is 12.2. The van der Waals surface area contributed by atoms with Gasteiger partial charge in [-0.1, -0.05) is 12.1 Å². The number of methoxy groups -OCH3 is 1. The van der Waals surface area contributed by atoms with Crippen LogP contribution in [0.15, 0.2) is 24.3 Å². The highest BCUT2D eigenvalue weighted by Gasteiger charge is 2.28. The van der Waals surface area contributed by atoms with E-state index >= 15 is 0 Å². The molecule has 1 saturated heterocycles. The highest BCUT2D eigenvalue weighted by molar-refractivity contribution is 5.78. The number of likely N-dealkylation sites (N-methyl/N-ethyl adjacent to an activating group) is 1. The van der Waals surface area contributed by atoms with Crippen LogP contribution in [0.2, 0.25) is 0 Å². The molecule has 1 aliphatic heterocycles. The molecular formula is C15H22N2O3. The van der Waals surface area contributed by atoms with Gasteiger partial charge in [-0.05, 0) is 32.0 Å². The van der Waals surface area contributed by atoms with E-state index in [1.807, 2.05) is 30.1 Å². The van der Waals surface area contributed by atoms with Crippen molar-refractivity contribution in [1.29, 1.82) is 0 Å². The standard InChI is InChI=1S/C15H22N2O3/c1-16-10-12-6-5-9-17(12)15(18)11-20-14-8-4-3-7-13(14)19-2/h3-4,7-8,12,16H,5-6,9-11H2,1-2H3. The van der Waals surface area contributed by atoms with Crippen LogP contribution in [0.4, 0.5) is 0 Å². The molecule has 20 heavy (non-hydrogen) atoms. The van der Waals surface area contributed by atoms with Crippen LogP contribution in [-0.4, -0.2) is 50.7 Å². The molecular weight excluding hydrogens is 256 g/mol. The van der Waals surface area contributed by atoms with Crippen molar-refractivity contribution in [2.75, 3.05) is 33.9 Å². The van der Waals surface area contributed by atoms with Gasteiger partial charge < -0.3 is 19.7 Å². The number of benzene rings is 1. The molecule has 5 nitrogen and oxygen atoms in total. The van der Waals surface area contributed by atoms with Gasteiger partial charge in [0.2, 0.25) is 0 Å². The second kappa shape index (κ2) is 7.14. The summed E-state index contributed by atoms with van der Waals surface area (Å²) in [6.07, 6.45) is 2.12. The fourth-order valence-electron chi connectivity index (χ4n) is 2.57. The summed E-state index contributed by atoms with van der Waals surface area (Å²) in [5, 5.41) is 3.13. The number of hydrogen-bond acceptors (Lipinski definition) is 4. The molecule has 1 amide bonds. The number of nitrogens with one attached hydrogen (secondary N) is 1. The quantitative estimate of drug-likeness (QED) is 0.852. The second-order valence-corrected chi connectivity index (χ2v) is 4.88. The minimum absolute atomic E-state index is 0.0358. The van der Waals surface area contributed by atoms with Gasteiger partial charge in [0.1, 0.15) is 0 Å². The van der Waals surface area contributed by atoms with Crippen molar-refractivity contribution in [3.05, 3.63) is 24.3 Å². The van der Waals surface area contributed by atoms with Gasteiger partial charge in [0.05, 0.1) is 7.11 Å². The molecule has 0 radical (unpaired) electrons. The lowest BCUT2D eigenvalue weighted by molar-refractivity contribution is -0.134. The van der Waals surface area contributed by atoms with Crippen LogP contribution in [-0.2, 0) is 4.79 Å². The molecule has 1 fully saturated rings. The molecule has 0 bridgehead atoms. The average Bonchev–Trinajstić information content (AvgIpc) is 2.94. The predicted molar refractivity (Wildman–Crippen MR) is 77.2 cm³/mol. The van der Waals surface area contributed by atoms with Crippen LogP contribution in [0, 0.1) is 0 Å². The molecule has 0 spiro atoms. The maximum Gasteiger partial charge on any atom is 0.260 e. The molecule has 1 atom stereocenters. The van der Waals surface area contributed by atoms with Crippen molar-refractivity contribution < 1.29 is 14.3 Å². The molecule has 1 N–H and O–H groups in total. The number of rotatable bonds is 6. The molecule has 2 rings (SSSR count). The van der Waals surface area contributed by atoms with Gasteiger partial charge in [-0.2, -0.15) is 0 Å². The first-order valence-corrected chi connectivity index (χ1v) is 6.96. The molecule has 0 aromatic heterocycles. The van der Waals surface area contributed by atoms with E-state index in [4.69, 9.17) is 9.47 Å². The number of amides is 1. The van der Waals surface area contributed by atoms with E-state index in [9.17, 15) is 4.79 Å². The van der Waals surface area contributed by atoms with Crippen LogP contribution >= 0.6 is 0 Å². The summed E-state index contributed by atoms with van der Waals surface area (Å²) in [7, 11) is 3.50. The van der Waals surface area contributed by atoms with Crippen molar-refractivity contribution >= 4 is 5.91 Å². The molecule has 1 aromatic carbocycles. The van der Waals surface area contributed by atoms with Gasteiger partial charge in [0.25, 0.3) is 5.91 Å². The van der Waals surface area contributed by atoms with Crippen LogP contribution < -0.4 is 14.8 Å². The van der Waals surface area contributed by atoms with E-state index in [-0.39, 0.29) is 18.6 Å². The number of carbonyl (C=O) groups excluding carboxylic acids is 1. The van der Waals surface area contributed by atoms with Crippen LogP contribution in [0.3, 0.4) is 0 Å². The summed E-state index contributed by atoms with van der Waals surface area (Å²) in [6, 6.07) is 7.65. The lowest BCUT2D eigenvalue weighted by Gasteiger charge is -2.24. The highest BCUT2D eigenvalue weighted by Crippen LogP contribution is 2.26. The minimum Gasteiger partial charge on any atom is -0.493 e. The number of likely N-dealkylation sites (tertiary alicyclic amines) is 1. The number of para-hydroxylation sites is 2. The average molecular weight is 278 g/mol. The van der Waals surface area contributed by atoms with E-state index in [2.05, 4.69) is 5.32 Å².